The van der Waals surface area contributed by atoms with Crippen LogP contribution in [0.4, 0.5) is 0 Å². The molecule has 0 radical (unpaired) electrons. The number of likely N-dealkylation sites (N-methyl/N-ethyl adjacent to an activating group) is 1. The summed E-state index contributed by atoms with van der Waals surface area (Å²) < 4.78 is 27.4. The van der Waals surface area contributed by atoms with Gasteiger partial charge >= 0.3 is 0 Å². The molecule has 1 aromatic rings. The van der Waals surface area contributed by atoms with Gasteiger partial charge in [-0.05, 0) is 44.9 Å². The predicted octanol–water partition coefficient (Wildman–Crippen LogP) is 1.85. The van der Waals surface area contributed by atoms with Crippen LogP contribution in [0.2, 0.25) is 0 Å². The zero-order valence-electron chi connectivity index (χ0n) is 12.1. The maximum Gasteiger partial charge on any atom is 0.243 e. The van der Waals surface area contributed by atoms with E-state index < -0.39 is 10.0 Å². The van der Waals surface area contributed by atoms with E-state index >= 15 is 0 Å². The average molecular weight is 294 g/mol. The Hall–Kier alpha value is -0.910. The van der Waals surface area contributed by atoms with Crippen LogP contribution in [0, 0.1) is 6.92 Å². The number of hydrogen-bond donors (Lipinski definition) is 0. The van der Waals surface area contributed by atoms with E-state index in [-0.39, 0.29) is 0 Å². The fourth-order valence-electron chi connectivity index (χ4n) is 3.48. The van der Waals surface area contributed by atoms with Crippen LogP contribution in [0.5, 0.6) is 0 Å². The topological polar surface area (TPSA) is 40.6 Å². The summed E-state index contributed by atoms with van der Waals surface area (Å²) in [6, 6.07) is 8.20. The van der Waals surface area contributed by atoms with Gasteiger partial charge in [0.25, 0.3) is 0 Å². The highest BCUT2D eigenvalue weighted by Gasteiger charge is 2.38. The van der Waals surface area contributed by atoms with Crippen LogP contribution in [0.15, 0.2) is 29.2 Å². The number of fused-ring (bicyclic) bond motifs is 2. The quantitative estimate of drug-likeness (QED) is 0.836. The van der Waals surface area contributed by atoms with E-state index in [9.17, 15) is 8.42 Å². The van der Waals surface area contributed by atoms with Crippen molar-refractivity contribution in [3.05, 3.63) is 29.8 Å². The second-order valence-corrected chi connectivity index (χ2v) is 7.87. The van der Waals surface area contributed by atoms with E-state index in [0.29, 0.717) is 30.1 Å². The lowest BCUT2D eigenvalue weighted by Crippen LogP contribution is -2.39. The standard InChI is InChI=1S/C15H22N2O2S/c1-12-5-3-4-6-15(12)20(18,19)17-10-9-13-7-8-14(11-17)16(13)2/h3-6,13-14H,7-11H2,1-2H3. The Morgan fingerprint density at radius 3 is 2.55 bits per heavy atom. The van der Waals surface area contributed by atoms with E-state index in [1.54, 1.807) is 16.4 Å². The average Bonchev–Trinajstić information content (AvgIpc) is 2.62. The zero-order chi connectivity index (χ0) is 14.3. The van der Waals surface area contributed by atoms with Crippen molar-refractivity contribution in [3.8, 4) is 0 Å². The Balaban J connectivity index is 1.91. The lowest BCUT2D eigenvalue weighted by Gasteiger charge is -2.25. The van der Waals surface area contributed by atoms with Gasteiger partial charge in [-0.15, -0.1) is 0 Å². The number of rotatable bonds is 2. The van der Waals surface area contributed by atoms with E-state index in [1.165, 1.54) is 6.42 Å². The molecular weight excluding hydrogens is 272 g/mol. The molecule has 2 heterocycles. The molecule has 0 saturated carbocycles. The molecule has 0 spiro atoms. The molecule has 2 unspecified atom stereocenters. The number of nitrogens with zero attached hydrogens (tertiary/aromatic N) is 2. The van der Waals surface area contributed by atoms with Crippen molar-refractivity contribution in [3.63, 3.8) is 0 Å². The molecule has 0 aliphatic carbocycles. The molecular formula is C15H22N2O2S. The molecule has 3 rings (SSSR count). The first-order valence-electron chi connectivity index (χ1n) is 7.28. The molecule has 4 nitrogen and oxygen atoms in total. The molecule has 1 aromatic carbocycles. The lowest BCUT2D eigenvalue weighted by atomic mass is 10.1. The Kier molecular flexibility index (Phi) is 3.60. The normalized spacial score (nSPS) is 28.5. The van der Waals surface area contributed by atoms with Gasteiger partial charge in [-0.2, -0.15) is 4.31 Å². The fourth-order valence-corrected chi connectivity index (χ4v) is 5.20. The highest BCUT2D eigenvalue weighted by atomic mass is 32.2. The number of sulfonamides is 1. The SMILES string of the molecule is Cc1ccccc1S(=O)(=O)N1CCC2CCC(C1)N2C. The summed E-state index contributed by atoms with van der Waals surface area (Å²) in [6.07, 6.45) is 3.26. The van der Waals surface area contributed by atoms with Gasteiger partial charge in [-0.1, -0.05) is 18.2 Å². The van der Waals surface area contributed by atoms with Crippen molar-refractivity contribution in [2.45, 2.75) is 43.2 Å². The first-order valence-corrected chi connectivity index (χ1v) is 8.72. The van der Waals surface area contributed by atoms with Gasteiger partial charge in [0.2, 0.25) is 10.0 Å². The maximum absolute atomic E-state index is 12.9. The van der Waals surface area contributed by atoms with E-state index in [0.717, 1.165) is 18.4 Å². The molecule has 2 atom stereocenters. The van der Waals surface area contributed by atoms with Gasteiger partial charge in [-0.3, -0.25) is 4.90 Å². The van der Waals surface area contributed by atoms with Crippen LogP contribution >= 0.6 is 0 Å². The minimum absolute atomic E-state index is 0.376. The van der Waals surface area contributed by atoms with Crippen molar-refractivity contribution >= 4 is 10.0 Å². The highest BCUT2D eigenvalue weighted by Crippen LogP contribution is 2.31. The summed E-state index contributed by atoms with van der Waals surface area (Å²) in [5, 5.41) is 0. The highest BCUT2D eigenvalue weighted by molar-refractivity contribution is 7.89. The smallest absolute Gasteiger partial charge is 0.243 e. The van der Waals surface area contributed by atoms with Crippen molar-refractivity contribution in [1.29, 1.82) is 0 Å². The fraction of sp³-hybridized carbons (Fsp3) is 0.600. The predicted molar refractivity (Wildman–Crippen MR) is 79.1 cm³/mol. The van der Waals surface area contributed by atoms with Crippen LogP contribution in [-0.4, -0.2) is 49.8 Å². The van der Waals surface area contributed by atoms with Crippen molar-refractivity contribution in [2.24, 2.45) is 0 Å². The van der Waals surface area contributed by atoms with Crippen LogP contribution in [0.3, 0.4) is 0 Å². The monoisotopic (exact) mass is 294 g/mol. The zero-order valence-corrected chi connectivity index (χ0v) is 12.9. The lowest BCUT2D eigenvalue weighted by molar-refractivity contribution is 0.246. The number of aryl methyl sites for hydroxylation is 1. The van der Waals surface area contributed by atoms with Crippen LogP contribution in [0.25, 0.3) is 0 Å². The summed E-state index contributed by atoms with van der Waals surface area (Å²) in [4.78, 5) is 2.83. The second kappa shape index (κ2) is 5.13. The van der Waals surface area contributed by atoms with Gasteiger partial charge in [0.1, 0.15) is 0 Å². The minimum atomic E-state index is -3.36. The van der Waals surface area contributed by atoms with Gasteiger partial charge in [0.15, 0.2) is 0 Å². The molecule has 110 valence electrons. The first-order chi connectivity index (χ1) is 9.50. The minimum Gasteiger partial charge on any atom is -0.299 e. The van der Waals surface area contributed by atoms with E-state index in [1.807, 2.05) is 19.1 Å². The van der Waals surface area contributed by atoms with E-state index in [2.05, 4.69) is 11.9 Å². The van der Waals surface area contributed by atoms with Gasteiger partial charge in [0.05, 0.1) is 4.90 Å². The van der Waals surface area contributed by atoms with Crippen LogP contribution in [0.1, 0.15) is 24.8 Å². The van der Waals surface area contributed by atoms with E-state index in [4.69, 9.17) is 0 Å². The molecule has 5 heteroatoms. The van der Waals surface area contributed by atoms with Gasteiger partial charge < -0.3 is 0 Å². The third-order valence-electron chi connectivity index (χ3n) is 4.82. The Morgan fingerprint density at radius 1 is 1.10 bits per heavy atom. The van der Waals surface area contributed by atoms with Crippen molar-refractivity contribution in [2.75, 3.05) is 20.1 Å². The Morgan fingerprint density at radius 2 is 1.80 bits per heavy atom. The molecule has 2 aliphatic rings. The summed E-state index contributed by atoms with van der Waals surface area (Å²) in [7, 11) is -1.22. The molecule has 0 aromatic heterocycles. The van der Waals surface area contributed by atoms with Crippen molar-refractivity contribution < 1.29 is 8.42 Å². The van der Waals surface area contributed by atoms with Crippen molar-refractivity contribution in [1.82, 2.24) is 9.21 Å². The Labute approximate surface area is 121 Å². The maximum atomic E-state index is 12.9. The largest absolute Gasteiger partial charge is 0.299 e. The first kappa shape index (κ1) is 14.0. The Bertz CT molecular complexity index is 600. The summed E-state index contributed by atoms with van der Waals surface area (Å²) >= 11 is 0. The van der Waals surface area contributed by atoms with Gasteiger partial charge in [0, 0.05) is 25.2 Å². The molecule has 2 aliphatic heterocycles. The number of hydrogen-bond acceptors (Lipinski definition) is 3. The molecule has 0 N–H and O–H groups in total. The summed E-state index contributed by atoms with van der Waals surface area (Å²) in [6.45, 7) is 3.13. The third-order valence-corrected chi connectivity index (χ3v) is 6.85. The van der Waals surface area contributed by atoms with Crippen LogP contribution in [-0.2, 0) is 10.0 Å². The second-order valence-electron chi connectivity index (χ2n) is 5.97. The summed E-state index contributed by atoms with van der Waals surface area (Å²) in [5.74, 6) is 0. The molecule has 2 fully saturated rings. The van der Waals surface area contributed by atoms with Gasteiger partial charge in [-0.25, -0.2) is 8.42 Å². The third kappa shape index (κ3) is 2.28. The molecule has 2 bridgehead atoms. The summed E-state index contributed by atoms with van der Waals surface area (Å²) in [5.41, 5.74) is 0.829. The van der Waals surface area contributed by atoms with Crippen LogP contribution < -0.4 is 0 Å². The number of benzene rings is 1. The molecule has 2 saturated heterocycles. The molecule has 20 heavy (non-hydrogen) atoms. The molecule has 0 amide bonds.